The molecule has 0 amide bonds. The summed E-state index contributed by atoms with van der Waals surface area (Å²) in [5, 5.41) is 7.29. The quantitative estimate of drug-likeness (QED) is 0.785. The number of rotatable bonds is 1. The summed E-state index contributed by atoms with van der Waals surface area (Å²) >= 11 is 0. The predicted molar refractivity (Wildman–Crippen MR) is 74.1 cm³/mol. The summed E-state index contributed by atoms with van der Waals surface area (Å²) < 4.78 is 23.1. The van der Waals surface area contributed by atoms with Gasteiger partial charge in [0.2, 0.25) is 0 Å². The zero-order valence-corrected chi connectivity index (χ0v) is 12.8. The third-order valence-electron chi connectivity index (χ3n) is 2.94. The Balaban J connectivity index is 3.61. The van der Waals surface area contributed by atoms with Crippen LogP contribution in [-0.4, -0.2) is 8.42 Å². The lowest BCUT2D eigenvalue weighted by atomic mass is 9.81. The van der Waals surface area contributed by atoms with Crippen molar-refractivity contribution in [3.05, 3.63) is 29.3 Å². The van der Waals surface area contributed by atoms with Crippen molar-refractivity contribution in [1.82, 2.24) is 5.14 Å². The first-order valence-electron chi connectivity index (χ1n) is 5.98. The Labute approximate surface area is 110 Å². The van der Waals surface area contributed by atoms with Crippen LogP contribution >= 0.6 is 0 Å². The molecule has 0 bridgehead atoms. The van der Waals surface area contributed by atoms with Gasteiger partial charge < -0.3 is 0 Å². The number of benzene rings is 1. The summed E-state index contributed by atoms with van der Waals surface area (Å²) in [5.74, 6) is 0. The highest BCUT2D eigenvalue weighted by atomic mass is 32.2. The molecule has 0 aromatic heterocycles. The van der Waals surface area contributed by atoms with Gasteiger partial charge in [0, 0.05) is 0 Å². The van der Waals surface area contributed by atoms with Gasteiger partial charge in [-0.25, -0.2) is 8.42 Å². The molecule has 0 saturated heterocycles. The lowest BCUT2D eigenvalue weighted by Crippen LogP contribution is -2.20. The molecule has 0 unspecified atom stereocenters. The van der Waals surface area contributed by atoms with Crippen LogP contribution in [0.3, 0.4) is 0 Å². The largest absolute Gasteiger partial charge is 0.254 e. The fourth-order valence-corrected chi connectivity index (χ4v) is 2.72. The van der Waals surface area contributed by atoms with E-state index in [0.29, 0.717) is 5.56 Å². The van der Waals surface area contributed by atoms with Crippen molar-refractivity contribution >= 4 is 10.0 Å². The van der Waals surface area contributed by atoms with Crippen molar-refractivity contribution in [2.45, 2.75) is 57.3 Å². The van der Waals surface area contributed by atoms with Crippen LogP contribution in [0.15, 0.2) is 23.1 Å². The monoisotopic (exact) mass is 268 g/mol. The normalized spacial score (nSPS) is 13.7. The molecule has 1 aromatic carbocycles. The maximum absolute atomic E-state index is 11.5. The lowest BCUT2D eigenvalue weighted by Gasteiger charge is -2.26. The summed E-state index contributed by atoms with van der Waals surface area (Å²) in [5.41, 5.74) is 1.46. The minimum Gasteiger partial charge on any atom is -0.206 e. The highest BCUT2D eigenvalue weighted by molar-refractivity contribution is 7.88. The van der Waals surface area contributed by atoms with E-state index in [4.69, 9.17) is 5.14 Å². The molecular weight excluding hydrogens is 246 g/mol. The van der Waals surface area contributed by atoms with Crippen LogP contribution in [0.25, 0.3) is 0 Å². The SMILES string of the molecule is CC(C)(C)c1ccc(S([NH])(=O)=O)c(C(C)(C)C)c1. The molecule has 18 heavy (non-hydrogen) atoms. The van der Waals surface area contributed by atoms with Crippen LogP contribution < -0.4 is 5.14 Å². The standard InChI is InChI=1S/C14H22NO2S/c1-13(2,3)10-7-8-12(18(15,16)17)11(9-10)14(4,5)6/h7-9,15H,1-6H3. The van der Waals surface area contributed by atoms with E-state index in [9.17, 15) is 8.42 Å². The molecule has 0 aliphatic heterocycles. The molecule has 0 aliphatic carbocycles. The van der Waals surface area contributed by atoms with Crippen LogP contribution in [-0.2, 0) is 20.9 Å². The maximum Gasteiger partial charge on any atom is 0.254 e. The Hall–Kier alpha value is -0.870. The topological polar surface area (TPSA) is 57.9 Å². The van der Waals surface area contributed by atoms with Gasteiger partial charge in [-0.05, 0) is 28.0 Å². The number of sulfonamides is 1. The number of nitrogens with one attached hydrogen (secondary N) is 1. The second kappa shape index (κ2) is 4.35. The summed E-state index contributed by atoms with van der Waals surface area (Å²) in [4.78, 5) is 0.114. The molecule has 1 aromatic rings. The van der Waals surface area contributed by atoms with Gasteiger partial charge in [-0.1, -0.05) is 53.7 Å². The Morgan fingerprint density at radius 2 is 1.44 bits per heavy atom. The summed E-state index contributed by atoms with van der Waals surface area (Å²) in [7, 11) is -3.93. The van der Waals surface area contributed by atoms with E-state index in [2.05, 4.69) is 20.8 Å². The van der Waals surface area contributed by atoms with Crippen LogP contribution in [0.5, 0.6) is 0 Å². The molecule has 0 spiro atoms. The molecule has 0 saturated carbocycles. The molecule has 101 valence electrons. The van der Waals surface area contributed by atoms with Gasteiger partial charge in [0.05, 0.1) is 4.90 Å². The van der Waals surface area contributed by atoms with Crippen molar-refractivity contribution in [3.8, 4) is 0 Å². The first kappa shape index (κ1) is 15.2. The van der Waals surface area contributed by atoms with Crippen molar-refractivity contribution in [2.24, 2.45) is 0 Å². The van der Waals surface area contributed by atoms with Crippen LogP contribution in [0.1, 0.15) is 52.7 Å². The average molecular weight is 268 g/mol. The summed E-state index contributed by atoms with van der Waals surface area (Å²) in [6.07, 6.45) is 0. The van der Waals surface area contributed by atoms with Gasteiger partial charge in [0.15, 0.2) is 0 Å². The molecular formula is C14H22NO2S. The highest BCUT2D eigenvalue weighted by Crippen LogP contribution is 2.33. The molecule has 0 aliphatic rings. The van der Waals surface area contributed by atoms with Crippen molar-refractivity contribution in [2.75, 3.05) is 0 Å². The zero-order valence-electron chi connectivity index (χ0n) is 12.0. The molecule has 1 N–H and O–H groups in total. The van der Waals surface area contributed by atoms with E-state index in [1.165, 1.54) is 0 Å². The Morgan fingerprint density at radius 3 is 1.78 bits per heavy atom. The van der Waals surface area contributed by atoms with E-state index in [0.717, 1.165) is 5.56 Å². The van der Waals surface area contributed by atoms with Gasteiger partial charge in [0.25, 0.3) is 10.0 Å². The minimum atomic E-state index is -3.93. The minimum absolute atomic E-state index is 0.0374. The second-order valence-corrected chi connectivity index (χ2v) is 8.16. The van der Waals surface area contributed by atoms with Crippen molar-refractivity contribution in [1.29, 1.82) is 0 Å². The van der Waals surface area contributed by atoms with E-state index < -0.39 is 10.0 Å². The van der Waals surface area contributed by atoms with Gasteiger partial charge in [0.1, 0.15) is 0 Å². The van der Waals surface area contributed by atoms with E-state index in [1.807, 2.05) is 26.8 Å². The molecule has 3 nitrogen and oxygen atoms in total. The van der Waals surface area contributed by atoms with Crippen molar-refractivity contribution < 1.29 is 8.42 Å². The Kier molecular flexibility index (Phi) is 3.67. The molecule has 0 atom stereocenters. The van der Waals surface area contributed by atoms with E-state index >= 15 is 0 Å². The Morgan fingerprint density at radius 1 is 0.944 bits per heavy atom. The predicted octanol–water partition coefficient (Wildman–Crippen LogP) is 3.25. The fraction of sp³-hybridized carbons (Fsp3) is 0.571. The first-order chi connectivity index (χ1) is 7.83. The third kappa shape index (κ3) is 3.33. The van der Waals surface area contributed by atoms with Gasteiger partial charge in [-0.2, -0.15) is 0 Å². The van der Waals surface area contributed by atoms with Crippen LogP contribution in [0, 0.1) is 0 Å². The van der Waals surface area contributed by atoms with Gasteiger partial charge in [-0.15, -0.1) is 5.14 Å². The fourth-order valence-electron chi connectivity index (χ4n) is 1.82. The molecule has 0 fully saturated rings. The number of hydrogen-bond donors (Lipinski definition) is 0. The van der Waals surface area contributed by atoms with Gasteiger partial charge in [-0.3, -0.25) is 0 Å². The summed E-state index contributed by atoms with van der Waals surface area (Å²) in [6, 6.07) is 5.28. The highest BCUT2D eigenvalue weighted by Gasteiger charge is 2.26. The van der Waals surface area contributed by atoms with E-state index in [1.54, 1.807) is 12.1 Å². The molecule has 1 rings (SSSR count). The van der Waals surface area contributed by atoms with E-state index in [-0.39, 0.29) is 15.7 Å². The van der Waals surface area contributed by atoms with Crippen LogP contribution in [0.4, 0.5) is 0 Å². The van der Waals surface area contributed by atoms with Gasteiger partial charge >= 0.3 is 0 Å². The zero-order chi connectivity index (χ0) is 14.4. The summed E-state index contributed by atoms with van der Waals surface area (Å²) in [6.45, 7) is 12.1. The number of hydrogen-bond acceptors (Lipinski definition) is 2. The van der Waals surface area contributed by atoms with Crippen molar-refractivity contribution in [3.63, 3.8) is 0 Å². The molecule has 4 heteroatoms. The first-order valence-corrected chi connectivity index (χ1v) is 7.46. The Bertz CT molecular complexity index is 546. The van der Waals surface area contributed by atoms with Crippen LogP contribution in [0.2, 0.25) is 0 Å². The molecule has 1 radical (unpaired) electrons. The second-order valence-electron chi connectivity index (χ2n) is 6.71. The smallest absolute Gasteiger partial charge is 0.206 e. The molecule has 0 heterocycles. The maximum atomic E-state index is 11.5. The average Bonchev–Trinajstić information content (AvgIpc) is 2.12. The third-order valence-corrected chi connectivity index (χ3v) is 3.88. The lowest BCUT2D eigenvalue weighted by molar-refractivity contribution is 0.549.